The van der Waals surface area contributed by atoms with Gasteiger partial charge in [-0.3, -0.25) is 19.2 Å². The Morgan fingerprint density at radius 1 is 0.578 bits per heavy atom. The zero-order valence-corrected chi connectivity index (χ0v) is 24.3. The van der Waals surface area contributed by atoms with Crippen LogP contribution in [0.25, 0.3) is 0 Å². The lowest BCUT2D eigenvalue weighted by molar-refractivity contribution is -0.142. The Morgan fingerprint density at radius 3 is 1.42 bits per heavy atom. The summed E-state index contributed by atoms with van der Waals surface area (Å²) in [7, 11) is 0. The predicted molar refractivity (Wildman–Crippen MR) is 162 cm³/mol. The van der Waals surface area contributed by atoms with Gasteiger partial charge in [0.15, 0.2) is 0 Å². The number of carbonyl (C=O) groups excluding carboxylic acids is 3. The molecule has 9 N–H and O–H groups in total. The summed E-state index contributed by atoms with van der Waals surface area (Å²) in [5.41, 5.74) is 7.61. The molecule has 4 atom stereocenters. The number of nitrogens with two attached hydrogens (primary N) is 1. The first-order valence-electron chi connectivity index (χ1n) is 14.1. The monoisotopic (exact) mass is 620 g/mol. The Hall–Kier alpha value is -5.43. The molecule has 0 fully saturated rings. The first kappa shape index (κ1) is 34.1. The number of amides is 3. The number of benzene rings is 3. The number of carboxylic acids is 2. The first-order valence-corrected chi connectivity index (χ1v) is 14.1. The standard InChI is InChI=1S/C32H36N4O9/c33-24(14-15-28(39)40)29(41)34-25(16-19-4-2-1-3-5-19)30(42)35-26(17-20-6-10-22(37)11-7-20)31(43)36-27(32(44)45)18-21-8-12-23(38)13-9-21/h1-13,24-27,37-38H,14-18,33H2,(H,34,41)(H,35,42)(H,36,43)(H,39,40)(H,44,45). The van der Waals surface area contributed by atoms with Crippen molar-refractivity contribution in [3.05, 3.63) is 95.6 Å². The van der Waals surface area contributed by atoms with Gasteiger partial charge in [0.25, 0.3) is 0 Å². The molecular weight excluding hydrogens is 584 g/mol. The van der Waals surface area contributed by atoms with E-state index in [1.807, 2.05) is 0 Å². The topological polar surface area (TPSA) is 228 Å². The van der Waals surface area contributed by atoms with E-state index in [0.717, 1.165) is 0 Å². The van der Waals surface area contributed by atoms with Crippen molar-refractivity contribution in [3.8, 4) is 11.5 Å². The van der Waals surface area contributed by atoms with Crippen molar-refractivity contribution in [2.45, 2.75) is 56.3 Å². The maximum atomic E-state index is 13.7. The van der Waals surface area contributed by atoms with Crippen LogP contribution in [0.2, 0.25) is 0 Å². The molecule has 13 heteroatoms. The van der Waals surface area contributed by atoms with Crippen molar-refractivity contribution in [1.82, 2.24) is 16.0 Å². The van der Waals surface area contributed by atoms with Crippen molar-refractivity contribution in [1.29, 1.82) is 0 Å². The van der Waals surface area contributed by atoms with Crippen molar-refractivity contribution < 1.29 is 44.4 Å². The normalized spacial score (nSPS) is 13.4. The molecule has 0 bridgehead atoms. The summed E-state index contributed by atoms with van der Waals surface area (Å²) < 4.78 is 0. The van der Waals surface area contributed by atoms with Gasteiger partial charge in [-0.05, 0) is 47.4 Å². The average Bonchev–Trinajstić information content (AvgIpc) is 3.01. The second kappa shape index (κ2) is 16.4. The number of aromatic hydroxyl groups is 2. The van der Waals surface area contributed by atoms with Crippen LogP contribution in [-0.4, -0.2) is 74.3 Å². The number of carbonyl (C=O) groups is 5. The summed E-state index contributed by atoms with van der Waals surface area (Å²) in [5, 5.41) is 45.6. The van der Waals surface area contributed by atoms with Crippen LogP contribution in [0, 0.1) is 0 Å². The fourth-order valence-electron chi connectivity index (χ4n) is 4.44. The molecule has 0 aromatic heterocycles. The number of aliphatic carboxylic acids is 2. The third-order valence-corrected chi connectivity index (χ3v) is 6.92. The van der Waals surface area contributed by atoms with Gasteiger partial charge >= 0.3 is 11.9 Å². The Balaban J connectivity index is 1.85. The lowest BCUT2D eigenvalue weighted by atomic mass is 10.0. The quantitative estimate of drug-likeness (QED) is 0.113. The summed E-state index contributed by atoms with van der Waals surface area (Å²) in [6.45, 7) is 0. The molecule has 3 aromatic rings. The van der Waals surface area contributed by atoms with Crippen LogP contribution < -0.4 is 21.7 Å². The Bertz CT molecular complexity index is 1460. The predicted octanol–water partition coefficient (Wildman–Crippen LogP) is 0.857. The lowest BCUT2D eigenvalue weighted by Crippen LogP contribution is -2.58. The highest BCUT2D eigenvalue weighted by Gasteiger charge is 2.31. The minimum Gasteiger partial charge on any atom is -0.508 e. The third-order valence-electron chi connectivity index (χ3n) is 6.92. The van der Waals surface area contributed by atoms with Gasteiger partial charge in [0, 0.05) is 25.7 Å². The van der Waals surface area contributed by atoms with Crippen molar-refractivity contribution in [2.24, 2.45) is 5.73 Å². The molecule has 3 amide bonds. The highest BCUT2D eigenvalue weighted by Crippen LogP contribution is 2.14. The van der Waals surface area contributed by atoms with E-state index in [2.05, 4.69) is 16.0 Å². The molecule has 4 unspecified atom stereocenters. The molecular formula is C32H36N4O9. The minimum absolute atomic E-state index is 0.00803. The van der Waals surface area contributed by atoms with E-state index in [9.17, 15) is 39.3 Å². The van der Waals surface area contributed by atoms with Crippen LogP contribution in [0.3, 0.4) is 0 Å². The lowest BCUT2D eigenvalue weighted by Gasteiger charge is -2.25. The Morgan fingerprint density at radius 2 is 0.978 bits per heavy atom. The van der Waals surface area contributed by atoms with Crippen molar-refractivity contribution in [3.63, 3.8) is 0 Å². The van der Waals surface area contributed by atoms with Gasteiger partial charge in [-0.15, -0.1) is 0 Å². The maximum Gasteiger partial charge on any atom is 0.326 e. The second-order valence-electron chi connectivity index (χ2n) is 10.5. The molecule has 0 radical (unpaired) electrons. The van der Waals surface area contributed by atoms with Crippen LogP contribution in [-0.2, 0) is 43.2 Å². The highest BCUT2D eigenvalue weighted by atomic mass is 16.4. The number of nitrogens with one attached hydrogen (secondary N) is 3. The number of hydrogen-bond donors (Lipinski definition) is 8. The SMILES string of the molecule is NC(CCC(=O)O)C(=O)NC(Cc1ccccc1)C(=O)NC(Cc1ccc(O)cc1)C(=O)NC(Cc1ccc(O)cc1)C(=O)O. The van der Waals surface area contributed by atoms with E-state index in [1.165, 1.54) is 48.5 Å². The second-order valence-corrected chi connectivity index (χ2v) is 10.5. The summed E-state index contributed by atoms with van der Waals surface area (Å²) >= 11 is 0. The van der Waals surface area contributed by atoms with Crippen LogP contribution in [0.4, 0.5) is 0 Å². The largest absolute Gasteiger partial charge is 0.508 e. The third kappa shape index (κ3) is 11.3. The average molecular weight is 621 g/mol. The fourth-order valence-corrected chi connectivity index (χ4v) is 4.44. The number of carboxylic acid groups (broad SMARTS) is 2. The molecule has 0 aliphatic rings. The van der Waals surface area contributed by atoms with E-state index in [0.29, 0.717) is 16.7 Å². The van der Waals surface area contributed by atoms with E-state index in [-0.39, 0.29) is 43.6 Å². The van der Waals surface area contributed by atoms with Gasteiger partial charge in [0.1, 0.15) is 29.6 Å². The Kier molecular flexibility index (Phi) is 12.4. The molecule has 0 aliphatic heterocycles. The molecule has 3 aromatic carbocycles. The molecule has 238 valence electrons. The van der Waals surface area contributed by atoms with Gasteiger partial charge in [-0.2, -0.15) is 0 Å². The van der Waals surface area contributed by atoms with Crippen molar-refractivity contribution >= 4 is 29.7 Å². The van der Waals surface area contributed by atoms with Gasteiger partial charge in [0.2, 0.25) is 17.7 Å². The van der Waals surface area contributed by atoms with Crippen LogP contribution in [0.1, 0.15) is 29.5 Å². The molecule has 0 spiro atoms. The maximum absolute atomic E-state index is 13.7. The van der Waals surface area contributed by atoms with E-state index < -0.39 is 53.8 Å². The molecule has 0 saturated carbocycles. The van der Waals surface area contributed by atoms with Crippen LogP contribution in [0.5, 0.6) is 11.5 Å². The molecule has 0 saturated heterocycles. The van der Waals surface area contributed by atoms with Gasteiger partial charge in [-0.1, -0.05) is 54.6 Å². The number of phenolic OH excluding ortho intramolecular Hbond substituents is 2. The summed E-state index contributed by atoms with van der Waals surface area (Å²) in [6, 6.07) is 15.3. The number of hydrogen-bond acceptors (Lipinski definition) is 8. The summed E-state index contributed by atoms with van der Waals surface area (Å²) in [5.74, 6) is -4.82. The fraction of sp³-hybridized carbons (Fsp3) is 0.281. The zero-order chi connectivity index (χ0) is 32.9. The van der Waals surface area contributed by atoms with E-state index in [1.54, 1.807) is 30.3 Å². The summed E-state index contributed by atoms with van der Waals surface area (Å²) in [6.07, 6.45) is -0.704. The van der Waals surface area contributed by atoms with Gasteiger partial charge < -0.3 is 42.1 Å². The van der Waals surface area contributed by atoms with Gasteiger partial charge in [0.05, 0.1) is 6.04 Å². The van der Waals surface area contributed by atoms with Crippen molar-refractivity contribution in [2.75, 3.05) is 0 Å². The molecule has 0 heterocycles. The molecule has 13 nitrogen and oxygen atoms in total. The van der Waals surface area contributed by atoms with Crippen LogP contribution in [0.15, 0.2) is 78.9 Å². The zero-order valence-electron chi connectivity index (χ0n) is 24.3. The summed E-state index contributed by atoms with van der Waals surface area (Å²) in [4.78, 5) is 63.0. The number of rotatable bonds is 16. The molecule has 0 aliphatic carbocycles. The van der Waals surface area contributed by atoms with E-state index in [4.69, 9.17) is 10.8 Å². The minimum atomic E-state index is -1.38. The van der Waals surface area contributed by atoms with Crippen LogP contribution >= 0.6 is 0 Å². The number of phenols is 2. The van der Waals surface area contributed by atoms with Gasteiger partial charge in [-0.25, -0.2) is 4.79 Å². The molecule has 3 rings (SSSR count). The first-order chi connectivity index (χ1) is 21.4. The molecule has 45 heavy (non-hydrogen) atoms. The Labute approximate surface area is 259 Å². The smallest absolute Gasteiger partial charge is 0.326 e. The highest BCUT2D eigenvalue weighted by molar-refractivity contribution is 5.94. The van der Waals surface area contributed by atoms with E-state index >= 15 is 0 Å².